The fourth-order valence-electron chi connectivity index (χ4n) is 3.97. The Hall–Kier alpha value is -4.02. The first kappa shape index (κ1) is 26.6. The molecule has 0 aliphatic carbocycles. The van der Waals surface area contributed by atoms with E-state index in [-0.39, 0.29) is 38.2 Å². The first-order valence-electron chi connectivity index (χ1n) is 12.2. The van der Waals surface area contributed by atoms with Crippen LogP contribution < -0.4 is 14.8 Å². The van der Waals surface area contributed by atoms with Gasteiger partial charge in [-0.1, -0.05) is 29.4 Å². The van der Waals surface area contributed by atoms with Gasteiger partial charge < -0.3 is 19.5 Å². The Morgan fingerprint density at radius 1 is 1.08 bits per heavy atom. The highest BCUT2D eigenvalue weighted by Crippen LogP contribution is 2.35. The largest absolute Gasteiger partial charge is 0.462 e. The summed E-state index contributed by atoms with van der Waals surface area (Å²) >= 11 is 7.15. The summed E-state index contributed by atoms with van der Waals surface area (Å²) < 4.78 is 15.9. The van der Waals surface area contributed by atoms with Gasteiger partial charge in [-0.3, -0.25) is 14.5 Å². The lowest BCUT2D eigenvalue weighted by molar-refractivity contribution is -0.129. The van der Waals surface area contributed by atoms with Crippen LogP contribution in [0.25, 0.3) is 0 Å². The molecule has 39 heavy (non-hydrogen) atoms. The van der Waals surface area contributed by atoms with Gasteiger partial charge >= 0.3 is 5.97 Å². The lowest BCUT2D eigenvalue weighted by Gasteiger charge is -2.32. The van der Waals surface area contributed by atoms with Gasteiger partial charge in [0, 0.05) is 17.1 Å². The standard InChI is InChI=1S/C28H24ClN3O6S/c1-2-36-27(35)18-4-8-21(9-5-18)31-28-32(15-17-3-12-22-23(13-17)38-16-37-22)25(33)14-24(39-28)26(34)30-20-10-6-19(29)7-11-20/h3-13,24H,2,14-16H2,1H3,(H,30,34). The van der Waals surface area contributed by atoms with E-state index >= 15 is 0 Å². The van der Waals surface area contributed by atoms with Gasteiger partial charge in [0.05, 0.1) is 24.4 Å². The Kier molecular flexibility index (Phi) is 8.04. The molecule has 1 N–H and O–H groups in total. The Labute approximate surface area is 234 Å². The number of carbonyl (C=O) groups excluding carboxylic acids is 3. The number of nitrogens with zero attached hydrogens (tertiary/aromatic N) is 2. The van der Waals surface area contributed by atoms with Gasteiger partial charge in [-0.15, -0.1) is 0 Å². The lowest BCUT2D eigenvalue weighted by atomic mass is 10.1. The summed E-state index contributed by atoms with van der Waals surface area (Å²) in [4.78, 5) is 44.7. The molecule has 0 saturated carbocycles. The molecule has 1 atom stereocenters. The third-order valence-corrected chi connectivity index (χ3v) is 7.36. The van der Waals surface area contributed by atoms with Crippen LogP contribution in [0.2, 0.25) is 5.02 Å². The van der Waals surface area contributed by atoms with Crippen LogP contribution in [-0.4, -0.2) is 46.5 Å². The molecule has 2 aliphatic heterocycles. The highest BCUT2D eigenvalue weighted by Gasteiger charge is 2.36. The fourth-order valence-corrected chi connectivity index (χ4v) is 5.20. The van der Waals surface area contributed by atoms with Crippen molar-refractivity contribution in [3.05, 3.63) is 82.9 Å². The number of nitrogens with one attached hydrogen (secondary N) is 1. The lowest BCUT2D eigenvalue weighted by Crippen LogP contribution is -2.44. The zero-order valence-corrected chi connectivity index (χ0v) is 22.5. The van der Waals surface area contributed by atoms with Crippen LogP contribution in [0.4, 0.5) is 11.4 Å². The van der Waals surface area contributed by atoms with Crippen molar-refractivity contribution >= 4 is 57.7 Å². The fraction of sp³-hybridized carbons (Fsp3) is 0.214. The predicted octanol–water partition coefficient (Wildman–Crippen LogP) is 5.41. The molecule has 1 fully saturated rings. The van der Waals surface area contributed by atoms with Gasteiger partial charge in [0.25, 0.3) is 0 Å². The van der Waals surface area contributed by atoms with E-state index in [2.05, 4.69) is 5.32 Å². The third kappa shape index (κ3) is 6.35. The monoisotopic (exact) mass is 565 g/mol. The summed E-state index contributed by atoms with van der Waals surface area (Å²) in [6, 6.07) is 18.8. The molecular weight excluding hydrogens is 542 g/mol. The van der Waals surface area contributed by atoms with Gasteiger partial charge in [0.15, 0.2) is 16.7 Å². The normalized spacial score (nSPS) is 17.3. The van der Waals surface area contributed by atoms with E-state index < -0.39 is 11.2 Å². The molecule has 11 heteroatoms. The summed E-state index contributed by atoms with van der Waals surface area (Å²) in [7, 11) is 0. The molecule has 3 aromatic rings. The van der Waals surface area contributed by atoms with E-state index in [1.54, 1.807) is 66.4 Å². The molecule has 3 aromatic carbocycles. The van der Waals surface area contributed by atoms with Crippen LogP contribution in [0, 0.1) is 0 Å². The zero-order valence-electron chi connectivity index (χ0n) is 20.9. The Morgan fingerprint density at radius 3 is 2.56 bits per heavy atom. The number of thioether (sulfide) groups is 1. The Balaban J connectivity index is 1.40. The maximum absolute atomic E-state index is 13.4. The molecule has 200 valence electrons. The zero-order chi connectivity index (χ0) is 27.4. The Bertz CT molecular complexity index is 1430. The van der Waals surface area contributed by atoms with Crippen molar-refractivity contribution < 1.29 is 28.6 Å². The van der Waals surface area contributed by atoms with Crippen LogP contribution in [0.15, 0.2) is 71.7 Å². The number of esters is 1. The van der Waals surface area contributed by atoms with Crippen molar-refractivity contribution in [3.8, 4) is 11.5 Å². The molecule has 0 spiro atoms. The molecule has 1 unspecified atom stereocenters. The number of amidine groups is 1. The van der Waals surface area contributed by atoms with Crippen molar-refractivity contribution in [1.82, 2.24) is 4.90 Å². The van der Waals surface area contributed by atoms with Crippen molar-refractivity contribution in [2.45, 2.75) is 25.1 Å². The van der Waals surface area contributed by atoms with E-state index in [9.17, 15) is 14.4 Å². The number of hydrogen-bond donors (Lipinski definition) is 1. The maximum Gasteiger partial charge on any atom is 0.338 e. The average Bonchev–Trinajstić information content (AvgIpc) is 3.40. The van der Waals surface area contributed by atoms with Crippen molar-refractivity contribution in [1.29, 1.82) is 0 Å². The summed E-state index contributed by atoms with van der Waals surface area (Å²) in [5, 5.41) is 3.07. The van der Waals surface area contributed by atoms with Gasteiger partial charge in [-0.05, 0) is 73.2 Å². The molecule has 0 bridgehead atoms. The summed E-state index contributed by atoms with van der Waals surface area (Å²) in [6.45, 7) is 2.39. The van der Waals surface area contributed by atoms with Crippen molar-refractivity contribution in [2.24, 2.45) is 4.99 Å². The minimum Gasteiger partial charge on any atom is -0.462 e. The number of ether oxygens (including phenoxy) is 3. The highest BCUT2D eigenvalue weighted by atomic mass is 35.5. The molecule has 5 rings (SSSR count). The van der Waals surface area contributed by atoms with E-state index in [0.717, 1.165) is 5.56 Å². The number of fused-ring (bicyclic) bond motifs is 1. The molecule has 0 aromatic heterocycles. The van der Waals surface area contributed by atoms with Crippen LogP contribution in [0.1, 0.15) is 29.3 Å². The second-order valence-corrected chi connectivity index (χ2v) is 10.2. The first-order chi connectivity index (χ1) is 18.9. The smallest absolute Gasteiger partial charge is 0.338 e. The number of anilines is 1. The molecule has 1 saturated heterocycles. The summed E-state index contributed by atoms with van der Waals surface area (Å²) in [5.41, 5.74) is 2.31. The summed E-state index contributed by atoms with van der Waals surface area (Å²) in [6.07, 6.45) is -0.00451. The first-order valence-corrected chi connectivity index (χ1v) is 13.4. The second kappa shape index (κ2) is 11.8. The third-order valence-electron chi connectivity index (χ3n) is 5.92. The number of carbonyl (C=O) groups is 3. The number of halogens is 1. The van der Waals surface area contributed by atoms with Crippen LogP contribution in [0.3, 0.4) is 0 Å². The number of benzene rings is 3. The second-order valence-electron chi connectivity index (χ2n) is 8.64. The number of amides is 2. The van der Waals surface area contributed by atoms with Crippen LogP contribution >= 0.6 is 23.4 Å². The van der Waals surface area contributed by atoms with E-state index in [1.165, 1.54) is 11.8 Å². The number of aliphatic imine (C=N–C) groups is 1. The molecule has 2 aliphatic rings. The van der Waals surface area contributed by atoms with Crippen LogP contribution in [0.5, 0.6) is 11.5 Å². The molecular formula is C28H24ClN3O6S. The van der Waals surface area contributed by atoms with Gasteiger partial charge in [-0.25, -0.2) is 9.79 Å². The maximum atomic E-state index is 13.4. The highest BCUT2D eigenvalue weighted by molar-refractivity contribution is 8.15. The number of hydrogen-bond acceptors (Lipinski definition) is 8. The van der Waals surface area contributed by atoms with Crippen molar-refractivity contribution in [2.75, 3.05) is 18.7 Å². The molecule has 2 heterocycles. The van der Waals surface area contributed by atoms with E-state index in [1.807, 2.05) is 12.1 Å². The van der Waals surface area contributed by atoms with Gasteiger partial charge in [0.1, 0.15) is 5.25 Å². The predicted molar refractivity (Wildman–Crippen MR) is 149 cm³/mol. The minimum atomic E-state index is -0.696. The quantitative estimate of drug-likeness (QED) is 0.382. The minimum absolute atomic E-state index is 0.00451. The molecule has 0 radical (unpaired) electrons. The topological polar surface area (TPSA) is 107 Å². The molecule has 9 nitrogen and oxygen atoms in total. The number of rotatable bonds is 7. The SMILES string of the molecule is CCOC(=O)c1ccc(N=C2SC(C(=O)Nc3ccc(Cl)cc3)CC(=O)N2Cc2ccc3c(c2)OCO3)cc1. The summed E-state index contributed by atoms with van der Waals surface area (Å²) in [5.74, 6) is 0.265. The van der Waals surface area contributed by atoms with Gasteiger partial charge in [-0.2, -0.15) is 0 Å². The Morgan fingerprint density at radius 2 is 1.82 bits per heavy atom. The average molecular weight is 566 g/mol. The van der Waals surface area contributed by atoms with E-state index in [0.29, 0.717) is 38.6 Å². The van der Waals surface area contributed by atoms with Crippen molar-refractivity contribution in [3.63, 3.8) is 0 Å². The van der Waals surface area contributed by atoms with Crippen LogP contribution in [-0.2, 0) is 20.9 Å². The van der Waals surface area contributed by atoms with E-state index in [4.69, 9.17) is 30.8 Å². The molecule has 2 amide bonds. The van der Waals surface area contributed by atoms with Gasteiger partial charge in [0.2, 0.25) is 18.6 Å².